The van der Waals surface area contributed by atoms with Gasteiger partial charge in [0.1, 0.15) is 0 Å². The molecule has 2 rings (SSSR count). The first kappa shape index (κ1) is 15.0. The highest BCUT2D eigenvalue weighted by Gasteiger charge is 2.15. The molecular formula is C17H26N2O. The smallest absolute Gasteiger partial charge is 0.220 e. The van der Waals surface area contributed by atoms with Gasteiger partial charge < -0.3 is 10.6 Å². The summed E-state index contributed by atoms with van der Waals surface area (Å²) in [4.78, 5) is 11.8. The van der Waals surface area contributed by atoms with Crippen molar-refractivity contribution in [2.75, 3.05) is 19.6 Å². The van der Waals surface area contributed by atoms with Crippen molar-refractivity contribution >= 4 is 5.91 Å². The minimum absolute atomic E-state index is 0.197. The highest BCUT2D eigenvalue weighted by molar-refractivity contribution is 5.75. The number of carbonyl (C=O) groups excluding carboxylic acids is 1. The normalized spacial score (nSPS) is 18.2. The van der Waals surface area contributed by atoms with E-state index < -0.39 is 0 Å². The largest absolute Gasteiger partial charge is 0.356 e. The molecule has 1 saturated heterocycles. The molecule has 20 heavy (non-hydrogen) atoms. The molecule has 1 atom stereocenters. The number of hydrogen-bond donors (Lipinski definition) is 2. The van der Waals surface area contributed by atoms with E-state index in [-0.39, 0.29) is 5.91 Å². The van der Waals surface area contributed by atoms with Gasteiger partial charge >= 0.3 is 0 Å². The highest BCUT2D eigenvalue weighted by atomic mass is 16.1. The Morgan fingerprint density at radius 2 is 2.10 bits per heavy atom. The van der Waals surface area contributed by atoms with Crippen LogP contribution in [0, 0.1) is 19.8 Å². The predicted molar refractivity (Wildman–Crippen MR) is 82.8 cm³/mol. The Morgan fingerprint density at radius 3 is 2.75 bits per heavy atom. The van der Waals surface area contributed by atoms with Gasteiger partial charge in [0.2, 0.25) is 5.91 Å². The lowest BCUT2D eigenvalue weighted by atomic mass is 10.00. The molecule has 1 fully saturated rings. The third-order valence-corrected chi connectivity index (χ3v) is 4.28. The van der Waals surface area contributed by atoms with Crippen LogP contribution in [0.5, 0.6) is 0 Å². The van der Waals surface area contributed by atoms with E-state index in [0.717, 1.165) is 32.5 Å². The van der Waals surface area contributed by atoms with E-state index in [1.807, 2.05) is 0 Å². The van der Waals surface area contributed by atoms with Gasteiger partial charge in [0, 0.05) is 13.0 Å². The summed E-state index contributed by atoms with van der Waals surface area (Å²) in [7, 11) is 0. The molecule has 0 radical (unpaired) electrons. The van der Waals surface area contributed by atoms with Crippen molar-refractivity contribution in [2.24, 2.45) is 5.92 Å². The van der Waals surface area contributed by atoms with Gasteiger partial charge in [-0.05, 0) is 68.8 Å². The molecule has 0 aromatic heterocycles. The van der Waals surface area contributed by atoms with Gasteiger partial charge in [-0.25, -0.2) is 0 Å². The maximum atomic E-state index is 11.8. The lowest BCUT2D eigenvalue weighted by Crippen LogP contribution is -2.26. The fourth-order valence-corrected chi connectivity index (χ4v) is 2.95. The molecule has 1 aromatic carbocycles. The molecule has 1 aliphatic heterocycles. The van der Waals surface area contributed by atoms with Crippen molar-refractivity contribution in [3.63, 3.8) is 0 Å². The Kier molecular flexibility index (Phi) is 5.60. The summed E-state index contributed by atoms with van der Waals surface area (Å²) in [6, 6.07) is 6.36. The molecule has 1 unspecified atom stereocenters. The summed E-state index contributed by atoms with van der Waals surface area (Å²) in [6.07, 6.45) is 3.83. The van der Waals surface area contributed by atoms with Crippen LogP contribution >= 0.6 is 0 Å². The molecule has 3 heteroatoms. The highest BCUT2D eigenvalue weighted by Crippen LogP contribution is 2.15. The van der Waals surface area contributed by atoms with E-state index >= 15 is 0 Å². The molecule has 1 amide bonds. The standard InChI is InChI=1S/C17H26N2O/c1-13-4-3-5-14(2)16(13)9-11-19-17(20)7-6-15-8-10-18-12-15/h3-5,15,18H,6-12H2,1-2H3,(H,19,20). The van der Waals surface area contributed by atoms with Crippen LogP contribution in [0.2, 0.25) is 0 Å². The maximum absolute atomic E-state index is 11.8. The average Bonchev–Trinajstić information content (AvgIpc) is 2.93. The van der Waals surface area contributed by atoms with Gasteiger partial charge in [-0.1, -0.05) is 18.2 Å². The Balaban J connectivity index is 1.68. The Labute approximate surface area is 122 Å². The van der Waals surface area contributed by atoms with Crippen molar-refractivity contribution in [2.45, 2.75) is 39.5 Å². The van der Waals surface area contributed by atoms with Crippen LogP contribution in [0.3, 0.4) is 0 Å². The SMILES string of the molecule is Cc1cccc(C)c1CCNC(=O)CCC1CCNC1. The van der Waals surface area contributed by atoms with E-state index in [0.29, 0.717) is 12.3 Å². The number of nitrogens with one attached hydrogen (secondary N) is 2. The second-order valence-electron chi connectivity index (χ2n) is 5.87. The number of hydrogen-bond acceptors (Lipinski definition) is 2. The quantitative estimate of drug-likeness (QED) is 0.836. The van der Waals surface area contributed by atoms with Crippen molar-refractivity contribution < 1.29 is 4.79 Å². The average molecular weight is 274 g/mol. The van der Waals surface area contributed by atoms with E-state index in [4.69, 9.17) is 0 Å². The van der Waals surface area contributed by atoms with Crippen LogP contribution in [0.1, 0.15) is 36.0 Å². The number of rotatable bonds is 6. The van der Waals surface area contributed by atoms with Crippen molar-refractivity contribution in [1.82, 2.24) is 10.6 Å². The monoisotopic (exact) mass is 274 g/mol. The molecule has 0 saturated carbocycles. The predicted octanol–water partition coefficient (Wildman–Crippen LogP) is 2.35. The zero-order valence-electron chi connectivity index (χ0n) is 12.7. The first-order valence-electron chi connectivity index (χ1n) is 7.69. The number of benzene rings is 1. The molecule has 3 nitrogen and oxygen atoms in total. The fraction of sp³-hybridized carbons (Fsp3) is 0.588. The van der Waals surface area contributed by atoms with E-state index in [1.165, 1.54) is 23.1 Å². The molecular weight excluding hydrogens is 248 g/mol. The topological polar surface area (TPSA) is 41.1 Å². The zero-order chi connectivity index (χ0) is 14.4. The Hall–Kier alpha value is -1.35. The minimum Gasteiger partial charge on any atom is -0.356 e. The van der Waals surface area contributed by atoms with Gasteiger partial charge in [-0.15, -0.1) is 0 Å². The maximum Gasteiger partial charge on any atom is 0.220 e. The first-order chi connectivity index (χ1) is 9.66. The van der Waals surface area contributed by atoms with Crippen LogP contribution in [0.15, 0.2) is 18.2 Å². The van der Waals surface area contributed by atoms with E-state index in [9.17, 15) is 4.79 Å². The van der Waals surface area contributed by atoms with Crippen molar-refractivity contribution in [1.29, 1.82) is 0 Å². The first-order valence-corrected chi connectivity index (χ1v) is 7.69. The summed E-state index contributed by atoms with van der Waals surface area (Å²) in [5, 5.41) is 6.39. The molecule has 0 bridgehead atoms. The third kappa shape index (κ3) is 4.34. The summed E-state index contributed by atoms with van der Waals surface area (Å²) in [5.74, 6) is 0.891. The molecule has 0 aliphatic carbocycles. The fourth-order valence-electron chi connectivity index (χ4n) is 2.95. The third-order valence-electron chi connectivity index (χ3n) is 4.28. The van der Waals surface area contributed by atoms with Gasteiger partial charge in [-0.3, -0.25) is 4.79 Å². The van der Waals surface area contributed by atoms with E-state index in [2.05, 4.69) is 42.7 Å². The molecule has 110 valence electrons. The van der Waals surface area contributed by atoms with Gasteiger partial charge in [-0.2, -0.15) is 0 Å². The van der Waals surface area contributed by atoms with Crippen molar-refractivity contribution in [3.05, 3.63) is 34.9 Å². The lowest BCUT2D eigenvalue weighted by molar-refractivity contribution is -0.121. The lowest BCUT2D eigenvalue weighted by Gasteiger charge is -2.11. The van der Waals surface area contributed by atoms with Gasteiger partial charge in [0.25, 0.3) is 0 Å². The minimum atomic E-state index is 0.197. The summed E-state index contributed by atoms with van der Waals surface area (Å²) in [6.45, 7) is 7.20. The zero-order valence-corrected chi connectivity index (χ0v) is 12.7. The number of amides is 1. The number of aryl methyl sites for hydroxylation is 2. The van der Waals surface area contributed by atoms with Gasteiger partial charge in [0.05, 0.1) is 0 Å². The summed E-state index contributed by atoms with van der Waals surface area (Å²) < 4.78 is 0. The van der Waals surface area contributed by atoms with Crippen LogP contribution in [0.4, 0.5) is 0 Å². The second kappa shape index (κ2) is 7.44. The van der Waals surface area contributed by atoms with Crippen LogP contribution in [0.25, 0.3) is 0 Å². The Morgan fingerprint density at radius 1 is 1.35 bits per heavy atom. The van der Waals surface area contributed by atoms with E-state index in [1.54, 1.807) is 0 Å². The van der Waals surface area contributed by atoms with Gasteiger partial charge in [0.15, 0.2) is 0 Å². The molecule has 1 aliphatic rings. The summed E-state index contributed by atoms with van der Waals surface area (Å²) >= 11 is 0. The van der Waals surface area contributed by atoms with Crippen LogP contribution in [-0.4, -0.2) is 25.5 Å². The van der Waals surface area contributed by atoms with Crippen LogP contribution < -0.4 is 10.6 Å². The van der Waals surface area contributed by atoms with Crippen molar-refractivity contribution in [3.8, 4) is 0 Å². The number of carbonyl (C=O) groups is 1. The summed E-state index contributed by atoms with van der Waals surface area (Å²) in [5.41, 5.74) is 4.00. The molecule has 1 heterocycles. The second-order valence-corrected chi connectivity index (χ2v) is 5.87. The van der Waals surface area contributed by atoms with Crippen LogP contribution in [-0.2, 0) is 11.2 Å². The Bertz CT molecular complexity index is 430. The molecule has 0 spiro atoms. The molecule has 1 aromatic rings. The molecule has 2 N–H and O–H groups in total.